The van der Waals surface area contributed by atoms with Gasteiger partial charge in [0.15, 0.2) is 0 Å². The summed E-state index contributed by atoms with van der Waals surface area (Å²) in [5, 5.41) is 21.4. The van der Waals surface area contributed by atoms with Crippen LogP contribution in [0, 0.1) is 10.1 Å². The predicted molar refractivity (Wildman–Crippen MR) is 114 cm³/mol. The summed E-state index contributed by atoms with van der Waals surface area (Å²) in [7, 11) is 0. The van der Waals surface area contributed by atoms with E-state index in [9.17, 15) is 14.9 Å². The van der Waals surface area contributed by atoms with Crippen molar-refractivity contribution < 1.29 is 28.3 Å². The first-order valence-corrected chi connectivity index (χ1v) is 10.7. The summed E-state index contributed by atoms with van der Waals surface area (Å²) >= 11 is 0. The molecular formula is C21H30N4O7. The summed E-state index contributed by atoms with van der Waals surface area (Å²) in [5.74, 6) is 0.623. The highest BCUT2D eigenvalue weighted by Gasteiger charge is 2.28. The third-order valence-electron chi connectivity index (χ3n) is 4.50. The summed E-state index contributed by atoms with van der Waals surface area (Å²) in [6, 6.07) is 4.42. The quantitative estimate of drug-likeness (QED) is 0.253. The Labute approximate surface area is 186 Å². The molecule has 0 saturated carbocycles. The molecule has 32 heavy (non-hydrogen) atoms. The van der Waals surface area contributed by atoms with Crippen molar-refractivity contribution in [1.29, 1.82) is 0 Å². The number of unbranched alkanes of at least 4 members (excludes halogenated alkanes) is 2. The Morgan fingerprint density at radius 3 is 2.50 bits per heavy atom. The van der Waals surface area contributed by atoms with Gasteiger partial charge in [-0.1, -0.05) is 26.7 Å². The van der Waals surface area contributed by atoms with E-state index in [0.29, 0.717) is 19.1 Å². The molecule has 0 aliphatic heterocycles. The standard InChI is InChI=1S/C21H30N4O7/c1-4-6-12-29-14-18-23-24-20(32-18)19(15(3)30-13-7-5-2)22-21(26)31-17-10-8-16(9-11-17)25(27)28/h8-11,15,19H,4-7,12-14H2,1-3H3,(H,22,26)/t15?,19-/m0/s1. The van der Waals surface area contributed by atoms with E-state index in [1.165, 1.54) is 24.3 Å². The van der Waals surface area contributed by atoms with Crippen LogP contribution in [-0.2, 0) is 16.1 Å². The van der Waals surface area contributed by atoms with Crippen LogP contribution >= 0.6 is 0 Å². The van der Waals surface area contributed by atoms with Crippen LogP contribution in [0.3, 0.4) is 0 Å². The number of carbonyl (C=O) groups is 1. The van der Waals surface area contributed by atoms with Gasteiger partial charge in [0.05, 0.1) is 11.0 Å². The Morgan fingerprint density at radius 1 is 1.16 bits per heavy atom. The SMILES string of the molecule is CCCCOCc1nnc([C@@H](NC(=O)Oc2ccc([N+](=O)[O-])cc2)C(C)OCCCC)o1. The molecule has 0 fully saturated rings. The fourth-order valence-electron chi connectivity index (χ4n) is 2.65. The molecule has 11 heteroatoms. The summed E-state index contributed by atoms with van der Waals surface area (Å²) in [6.45, 7) is 7.18. The van der Waals surface area contributed by atoms with E-state index in [4.69, 9.17) is 18.6 Å². The van der Waals surface area contributed by atoms with Gasteiger partial charge in [0.25, 0.3) is 5.69 Å². The number of benzene rings is 1. The van der Waals surface area contributed by atoms with E-state index < -0.39 is 23.2 Å². The van der Waals surface area contributed by atoms with Crippen LogP contribution in [0.15, 0.2) is 28.7 Å². The van der Waals surface area contributed by atoms with Gasteiger partial charge in [-0.2, -0.15) is 0 Å². The van der Waals surface area contributed by atoms with Crippen molar-refractivity contribution in [2.24, 2.45) is 0 Å². The zero-order valence-corrected chi connectivity index (χ0v) is 18.6. The largest absolute Gasteiger partial charge is 0.420 e. The first kappa shape index (κ1) is 25.2. The van der Waals surface area contributed by atoms with Crippen LogP contribution in [0.5, 0.6) is 5.75 Å². The van der Waals surface area contributed by atoms with Gasteiger partial charge in [-0.15, -0.1) is 10.2 Å². The third kappa shape index (κ3) is 8.23. The lowest BCUT2D eigenvalue weighted by Crippen LogP contribution is -2.38. The molecule has 2 rings (SSSR count). The first-order chi connectivity index (χ1) is 15.4. The van der Waals surface area contributed by atoms with E-state index in [0.717, 1.165) is 25.7 Å². The highest BCUT2D eigenvalue weighted by atomic mass is 16.6. The highest BCUT2D eigenvalue weighted by Crippen LogP contribution is 2.21. The van der Waals surface area contributed by atoms with Gasteiger partial charge < -0.3 is 23.9 Å². The van der Waals surface area contributed by atoms with Gasteiger partial charge in [0, 0.05) is 25.3 Å². The maximum atomic E-state index is 12.5. The van der Waals surface area contributed by atoms with Crippen molar-refractivity contribution in [2.75, 3.05) is 13.2 Å². The summed E-state index contributed by atoms with van der Waals surface area (Å²) in [6.07, 6.45) is 2.53. The van der Waals surface area contributed by atoms with Crippen LogP contribution in [0.4, 0.5) is 10.5 Å². The molecule has 1 amide bonds. The molecule has 0 saturated heterocycles. The van der Waals surface area contributed by atoms with Gasteiger partial charge in [0.1, 0.15) is 18.4 Å². The van der Waals surface area contributed by atoms with Gasteiger partial charge in [-0.05, 0) is 31.9 Å². The monoisotopic (exact) mass is 450 g/mol. The Morgan fingerprint density at radius 2 is 1.84 bits per heavy atom. The number of nitro groups is 1. The number of ether oxygens (including phenoxy) is 3. The number of carbonyl (C=O) groups excluding carboxylic acids is 1. The number of non-ortho nitro benzene ring substituents is 1. The van der Waals surface area contributed by atoms with Crippen LogP contribution < -0.4 is 10.1 Å². The van der Waals surface area contributed by atoms with Crippen molar-refractivity contribution in [2.45, 2.75) is 65.2 Å². The molecule has 0 aliphatic carbocycles. The molecule has 0 radical (unpaired) electrons. The van der Waals surface area contributed by atoms with E-state index in [1.54, 1.807) is 6.92 Å². The Balaban J connectivity index is 2.04. The summed E-state index contributed by atoms with van der Waals surface area (Å²) in [4.78, 5) is 22.7. The smallest absolute Gasteiger partial charge is 0.413 e. The molecule has 176 valence electrons. The summed E-state index contributed by atoms with van der Waals surface area (Å²) in [5.41, 5.74) is -0.104. The Bertz CT molecular complexity index is 841. The molecule has 11 nitrogen and oxygen atoms in total. The minimum atomic E-state index is -0.784. The van der Waals surface area contributed by atoms with Crippen molar-refractivity contribution in [1.82, 2.24) is 15.5 Å². The fourth-order valence-corrected chi connectivity index (χ4v) is 2.65. The number of nitro benzene ring substituents is 1. The predicted octanol–water partition coefficient (Wildman–Crippen LogP) is 4.33. The molecular weight excluding hydrogens is 420 g/mol. The number of aromatic nitrogens is 2. The number of amides is 1. The van der Waals surface area contributed by atoms with Gasteiger partial charge in [-0.25, -0.2) is 4.79 Å². The molecule has 1 N–H and O–H groups in total. The summed E-state index contributed by atoms with van der Waals surface area (Å²) < 4.78 is 22.2. The zero-order chi connectivity index (χ0) is 23.3. The van der Waals surface area contributed by atoms with Crippen LogP contribution in [0.25, 0.3) is 0 Å². The van der Waals surface area contributed by atoms with Crippen LogP contribution in [0.1, 0.15) is 64.3 Å². The van der Waals surface area contributed by atoms with E-state index in [1.807, 2.05) is 6.92 Å². The van der Waals surface area contributed by atoms with Crippen LogP contribution in [0.2, 0.25) is 0 Å². The molecule has 1 aromatic heterocycles. The second-order valence-corrected chi connectivity index (χ2v) is 7.13. The topological polar surface area (TPSA) is 139 Å². The van der Waals surface area contributed by atoms with Crippen molar-refractivity contribution in [3.8, 4) is 5.75 Å². The van der Waals surface area contributed by atoms with Crippen molar-refractivity contribution in [3.63, 3.8) is 0 Å². The number of hydrogen-bond acceptors (Lipinski definition) is 9. The Kier molecular flexibility index (Phi) is 10.5. The molecule has 1 unspecified atom stereocenters. The zero-order valence-electron chi connectivity index (χ0n) is 18.6. The molecule has 0 aliphatic rings. The van der Waals surface area contributed by atoms with E-state index in [-0.39, 0.29) is 23.9 Å². The van der Waals surface area contributed by atoms with Gasteiger partial charge in [0.2, 0.25) is 11.8 Å². The average molecular weight is 450 g/mol. The lowest BCUT2D eigenvalue weighted by molar-refractivity contribution is -0.384. The minimum absolute atomic E-state index is 0.104. The average Bonchev–Trinajstić information content (AvgIpc) is 3.24. The molecule has 2 aromatic rings. The van der Waals surface area contributed by atoms with Crippen molar-refractivity contribution >= 4 is 11.8 Å². The van der Waals surface area contributed by atoms with E-state index in [2.05, 4.69) is 22.4 Å². The number of nitrogens with zero attached hydrogens (tertiary/aromatic N) is 3. The maximum absolute atomic E-state index is 12.5. The molecule has 0 spiro atoms. The van der Waals surface area contributed by atoms with E-state index >= 15 is 0 Å². The lowest BCUT2D eigenvalue weighted by Gasteiger charge is -2.22. The minimum Gasteiger partial charge on any atom is -0.420 e. The van der Waals surface area contributed by atoms with Crippen LogP contribution in [-0.4, -0.2) is 40.5 Å². The maximum Gasteiger partial charge on any atom is 0.413 e. The molecule has 0 bridgehead atoms. The van der Waals surface area contributed by atoms with Gasteiger partial charge >= 0.3 is 6.09 Å². The van der Waals surface area contributed by atoms with Gasteiger partial charge in [-0.3, -0.25) is 10.1 Å². The third-order valence-corrected chi connectivity index (χ3v) is 4.50. The molecule has 2 atom stereocenters. The normalized spacial score (nSPS) is 12.8. The molecule has 1 aromatic carbocycles. The second kappa shape index (κ2) is 13.4. The second-order valence-electron chi connectivity index (χ2n) is 7.13. The Hall–Kier alpha value is -3.05. The number of nitrogens with one attached hydrogen (secondary N) is 1. The highest BCUT2D eigenvalue weighted by molar-refractivity contribution is 5.71. The number of hydrogen-bond donors (Lipinski definition) is 1. The fraction of sp³-hybridized carbons (Fsp3) is 0.571. The van der Waals surface area contributed by atoms with Crippen molar-refractivity contribution in [3.05, 3.63) is 46.2 Å². The lowest BCUT2D eigenvalue weighted by atomic mass is 10.2. The first-order valence-electron chi connectivity index (χ1n) is 10.7. The number of rotatable bonds is 14. The molecule has 1 heterocycles.